The molecule has 6 heteroatoms. The van der Waals surface area contributed by atoms with E-state index in [1.54, 1.807) is 72.8 Å². The van der Waals surface area contributed by atoms with Crippen molar-refractivity contribution < 1.29 is 24.5 Å². The van der Waals surface area contributed by atoms with Crippen LogP contribution in [0.25, 0.3) is 0 Å². The molecule has 4 rings (SSSR count). The van der Waals surface area contributed by atoms with E-state index in [9.17, 15) is 15.0 Å². The van der Waals surface area contributed by atoms with E-state index in [-0.39, 0.29) is 18.9 Å². The van der Waals surface area contributed by atoms with Gasteiger partial charge in [0.2, 0.25) is 5.60 Å². The smallest absolute Gasteiger partial charge is 0.348 e. The minimum atomic E-state index is -1.96. The van der Waals surface area contributed by atoms with Crippen LogP contribution in [-0.4, -0.2) is 29.3 Å². The van der Waals surface area contributed by atoms with Gasteiger partial charge in [-0.3, -0.25) is 0 Å². The van der Waals surface area contributed by atoms with Crippen LogP contribution in [0.4, 0.5) is 5.69 Å². The van der Waals surface area contributed by atoms with Crippen molar-refractivity contribution in [1.82, 2.24) is 0 Å². The highest BCUT2D eigenvalue weighted by atomic mass is 16.6. The molecule has 0 saturated carbocycles. The van der Waals surface area contributed by atoms with Crippen molar-refractivity contribution in [2.75, 3.05) is 18.5 Å². The summed E-state index contributed by atoms with van der Waals surface area (Å²) in [5.74, 6) is 0.149. The van der Waals surface area contributed by atoms with Gasteiger partial charge in [0.05, 0.1) is 5.69 Å². The number of para-hydroxylation sites is 4. The fourth-order valence-electron chi connectivity index (χ4n) is 3.25. The Balaban J connectivity index is 1.53. The molecule has 1 aliphatic heterocycles. The lowest BCUT2D eigenvalue weighted by Gasteiger charge is -2.33. The summed E-state index contributed by atoms with van der Waals surface area (Å²) < 4.78 is 11.2. The summed E-state index contributed by atoms with van der Waals surface area (Å²) in [6.45, 7) is 0.292. The maximum atomic E-state index is 12.9. The number of benzene rings is 3. The fraction of sp³-hybridized carbons (Fsp3) is 0.136. The van der Waals surface area contributed by atoms with Crippen molar-refractivity contribution in [3.05, 3.63) is 83.9 Å². The maximum Gasteiger partial charge on any atom is 0.348 e. The molecule has 0 radical (unpaired) electrons. The summed E-state index contributed by atoms with van der Waals surface area (Å²) in [6.07, 6.45) is 0. The van der Waals surface area contributed by atoms with Crippen molar-refractivity contribution in [1.29, 1.82) is 0 Å². The van der Waals surface area contributed by atoms with Crippen LogP contribution in [-0.2, 0) is 15.1 Å². The van der Waals surface area contributed by atoms with Crippen LogP contribution >= 0.6 is 0 Å². The number of hydrogen-bond donors (Lipinski definition) is 3. The number of fused-ring (bicyclic) bond motifs is 2. The number of phenolic OH excluding ortho intramolecular Hbond substituents is 1. The fourth-order valence-corrected chi connectivity index (χ4v) is 3.25. The van der Waals surface area contributed by atoms with Gasteiger partial charge in [-0.2, -0.15) is 0 Å². The second-order valence-electron chi connectivity index (χ2n) is 6.38. The molecule has 0 atom stereocenters. The molecule has 0 saturated heterocycles. The SMILES string of the molecule is O=C(OCCNc1ccccc1O)C1(O)c2ccccc2Oc2ccccc21. The molecule has 142 valence electrons. The first-order chi connectivity index (χ1) is 13.6. The highest BCUT2D eigenvalue weighted by Gasteiger charge is 2.48. The first kappa shape index (κ1) is 17.9. The van der Waals surface area contributed by atoms with Crippen LogP contribution in [0.3, 0.4) is 0 Å². The number of aliphatic hydroxyl groups is 1. The van der Waals surface area contributed by atoms with Gasteiger partial charge >= 0.3 is 5.97 Å². The van der Waals surface area contributed by atoms with E-state index >= 15 is 0 Å². The van der Waals surface area contributed by atoms with Gasteiger partial charge in [0, 0.05) is 17.7 Å². The standard InChI is InChI=1S/C22H19NO5/c24-18-10-4-3-9-17(18)23-13-14-27-21(25)22(26)15-7-1-5-11-19(15)28-20-12-6-2-8-16(20)22/h1-12,23-24,26H,13-14H2. The zero-order chi connectivity index (χ0) is 19.6. The number of rotatable bonds is 5. The zero-order valence-electron chi connectivity index (χ0n) is 15.0. The number of phenols is 1. The van der Waals surface area contributed by atoms with Gasteiger partial charge < -0.3 is 25.0 Å². The molecule has 3 aromatic carbocycles. The van der Waals surface area contributed by atoms with E-state index in [0.29, 0.717) is 28.3 Å². The topological polar surface area (TPSA) is 88.0 Å². The van der Waals surface area contributed by atoms with Crippen molar-refractivity contribution in [2.24, 2.45) is 0 Å². The van der Waals surface area contributed by atoms with Crippen molar-refractivity contribution in [3.8, 4) is 17.2 Å². The number of ether oxygens (including phenoxy) is 2. The Hall–Kier alpha value is -3.51. The number of carbonyl (C=O) groups excluding carboxylic acids is 1. The molecule has 0 unspecified atom stereocenters. The first-order valence-corrected chi connectivity index (χ1v) is 8.89. The summed E-state index contributed by atoms with van der Waals surface area (Å²) in [5.41, 5.74) is -0.737. The Bertz CT molecular complexity index is 972. The van der Waals surface area contributed by atoms with Crippen LogP contribution in [0.1, 0.15) is 11.1 Å². The average molecular weight is 377 g/mol. The Labute approximate surface area is 162 Å². The quantitative estimate of drug-likeness (QED) is 0.359. The minimum absolute atomic E-state index is 0.0146. The van der Waals surface area contributed by atoms with Gasteiger partial charge in [-0.05, 0) is 24.3 Å². The molecule has 0 aliphatic carbocycles. The number of aromatic hydroxyl groups is 1. The molecule has 0 fully saturated rings. The van der Waals surface area contributed by atoms with E-state index < -0.39 is 11.6 Å². The van der Waals surface area contributed by atoms with Gasteiger partial charge in [0.25, 0.3) is 0 Å². The third kappa shape index (κ3) is 3.04. The van der Waals surface area contributed by atoms with E-state index in [1.807, 2.05) is 0 Å². The normalized spacial score (nSPS) is 13.6. The van der Waals surface area contributed by atoms with Crippen LogP contribution in [0.15, 0.2) is 72.8 Å². The number of anilines is 1. The number of nitrogens with one attached hydrogen (secondary N) is 1. The molecular weight excluding hydrogens is 358 g/mol. The molecule has 28 heavy (non-hydrogen) atoms. The predicted octanol–water partition coefficient (Wildman–Crippen LogP) is 3.39. The molecule has 3 aromatic rings. The zero-order valence-corrected chi connectivity index (χ0v) is 15.0. The third-order valence-corrected chi connectivity index (χ3v) is 4.62. The lowest BCUT2D eigenvalue weighted by atomic mass is 9.83. The summed E-state index contributed by atoms with van der Waals surface area (Å²) in [6, 6.07) is 20.5. The van der Waals surface area contributed by atoms with E-state index in [2.05, 4.69) is 5.32 Å². The minimum Gasteiger partial charge on any atom is -0.506 e. The summed E-state index contributed by atoms with van der Waals surface area (Å²) >= 11 is 0. The Morgan fingerprint density at radius 1 is 0.929 bits per heavy atom. The Kier molecular flexibility index (Phi) is 4.63. The molecule has 0 amide bonds. The van der Waals surface area contributed by atoms with Gasteiger partial charge in [0.15, 0.2) is 0 Å². The molecule has 6 nitrogen and oxygen atoms in total. The van der Waals surface area contributed by atoms with Crippen LogP contribution in [0.2, 0.25) is 0 Å². The molecule has 1 heterocycles. The molecular formula is C22H19NO5. The first-order valence-electron chi connectivity index (χ1n) is 8.89. The average Bonchev–Trinajstić information content (AvgIpc) is 2.72. The summed E-state index contributed by atoms with van der Waals surface area (Å²) in [7, 11) is 0. The molecule has 1 aliphatic rings. The second-order valence-corrected chi connectivity index (χ2v) is 6.38. The Morgan fingerprint density at radius 3 is 2.14 bits per heavy atom. The van der Waals surface area contributed by atoms with Crippen LogP contribution in [0.5, 0.6) is 17.2 Å². The molecule has 0 spiro atoms. The highest BCUT2D eigenvalue weighted by molar-refractivity contribution is 5.88. The van der Waals surface area contributed by atoms with Crippen molar-refractivity contribution >= 4 is 11.7 Å². The largest absolute Gasteiger partial charge is 0.506 e. The lowest BCUT2D eigenvalue weighted by molar-refractivity contribution is -0.162. The molecule has 3 N–H and O–H groups in total. The van der Waals surface area contributed by atoms with Gasteiger partial charge in [-0.15, -0.1) is 0 Å². The number of esters is 1. The van der Waals surface area contributed by atoms with Gasteiger partial charge in [0.1, 0.15) is 23.9 Å². The number of carbonyl (C=O) groups is 1. The highest BCUT2D eigenvalue weighted by Crippen LogP contribution is 2.47. The second kappa shape index (κ2) is 7.25. The monoisotopic (exact) mass is 377 g/mol. The van der Waals surface area contributed by atoms with Crippen LogP contribution in [0, 0.1) is 0 Å². The van der Waals surface area contributed by atoms with Crippen LogP contribution < -0.4 is 10.1 Å². The van der Waals surface area contributed by atoms with E-state index in [0.717, 1.165) is 0 Å². The van der Waals surface area contributed by atoms with Crippen molar-refractivity contribution in [3.63, 3.8) is 0 Å². The van der Waals surface area contributed by atoms with E-state index in [1.165, 1.54) is 0 Å². The summed E-state index contributed by atoms with van der Waals surface area (Å²) in [4.78, 5) is 12.9. The summed E-state index contributed by atoms with van der Waals surface area (Å²) in [5, 5.41) is 24.1. The van der Waals surface area contributed by atoms with E-state index in [4.69, 9.17) is 9.47 Å². The third-order valence-electron chi connectivity index (χ3n) is 4.62. The lowest BCUT2D eigenvalue weighted by Crippen LogP contribution is -2.41. The van der Waals surface area contributed by atoms with Gasteiger partial charge in [-0.25, -0.2) is 4.79 Å². The Morgan fingerprint density at radius 2 is 1.50 bits per heavy atom. The van der Waals surface area contributed by atoms with Gasteiger partial charge in [-0.1, -0.05) is 48.5 Å². The molecule has 0 aromatic heterocycles. The van der Waals surface area contributed by atoms with Crippen molar-refractivity contribution in [2.45, 2.75) is 5.60 Å². The molecule has 0 bridgehead atoms. The predicted molar refractivity (Wildman–Crippen MR) is 104 cm³/mol. The number of hydrogen-bond acceptors (Lipinski definition) is 6. The maximum absolute atomic E-state index is 12.9.